The van der Waals surface area contributed by atoms with Crippen molar-refractivity contribution in [3.05, 3.63) is 145 Å². The number of hydrogen-bond donors (Lipinski definition) is 0. The summed E-state index contributed by atoms with van der Waals surface area (Å²) in [4.78, 5) is 0. The average Bonchev–Trinajstić information content (AvgIpc) is 3.05. The lowest BCUT2D eigenvalue weighted by molar-refractivity contribution is 0.102. The van der Waals surface area contributed by atoms with Crippen LogP contribution in [0.5, 0.6) is 0 Å². The molecule has 0 unspecified atom stereocenters. The molecule has 1 fully saturated rings. The van der Waals surface area contributed by atoms with E-state index in [1.807, 2.05) is 0 Å². The van der Waals surface area contributed by atoms with E-state index in [-0.39, 0.29) is 22.3 Å². The molecule has 2 atom stereocenters. The first-order chi connectivity index (χ1) is 21.9. The van der Waals surface area contributed by atoms with Gasteiger partial charge in [0.1, 0.15) is 0 Å². The van der Waals surface area contributed by atoms with E-state index < -0.39 is 16.6 Å². The molecule has 4 aromatic rings. The van der Waals surface area contributed by atoms with Gasteiger partial charge in [0.25, 0.3) is 16.6 Å². The Morgan fingerprint density at radius 3 is 1.30 bits per heavy atom. The van der Waals surface area contributed by atoms with Gasteiger partial charge in [0.15, 0.2) is 0 Å². The Labute approximate surface area is 284 Å². The van der Waals surface area contributed by atoms with Gasteiger partial charge < -0.3 is 8.85 Å². The van der Waals surface area contributed by atoms with Crippen molar-refractivity contribution in [3.8, 4) is 0 Å². The van der Waals surface area contributed by atoms with Crippen molar-refractivity contribution in [1.82, 2.24) is 0 Å². The molecule has 4 aromatic carbocycles. The van der Waals surface area contributed by atoms with Crippen molar-refractivity contribution in [3.63, 3.8) is 0 Å². The zero-order valence-corrected chi connectivity index (χ0v) is 31.1. The van der Waals surface area contributed by atoms with Crippen molar-refractivity contribution in [1.29, 1.82) is 0 Å². The normalized spacial score (nSPS) is 18.9. The third-order valence-corrected chi connectivity index (χ3v) is 19.8. The summed E-state index contributed by atoms with van der Waals surface area (Å²) >= 11 is 6.41. The topological polar surface area (TPSA) is 18.5 Å². The Morgan fingerprint density at radius 2 is 0.978 bits per heavy atom. The second-order valence-corrected chi connectivity index (χ2v) is 23.3. The quantitative estimate of drug-likeness (QED) is 0.132. The lowest BCUT2D eigenvalue weighted by Gasteiger charge is -2.49. The Morgan fingerprint density at radius 1 is 0.630 bits per heavy atom. The molecule has 1 aliphatic rings. The van der Waals surface area contributed by atoms with Gasteiger partial charge in [-0.3, -0.25) is 0 Å². The highest BCUT2D eigenvalue weighted by atomic mass is 35.5. The van der Waals surface area contributed by atoms with Crippen LogP contribution in [0.2, 0.25) is 10.1 Å². The van der Waals surface area contributed by atoms with E-state index in [1.165, 1.54) is 20.7 Å². The number of halogens is 1. The van der Waals surface area contributed by atoms with E-state index in [4.69, 9.17) is 20.5 Å². The van der Waals surface area contributed by atoms with Gasteiger partial charge in [-0.25, -0.2) is 0 Å². The summed E-state index contributed by atoms with van der Waals surface area (Å²) in [5.41, 5.74) is 2.17. The van der Waals surface area contributed by atoms with Crippen molar-refractivity contribution < 1.29 is 8.85 Å². The van der Waals surface area contributed by atoms with Crippen LogP contribution >= 0.6 is 11.6 Å². The molecular formula is C41H49ClO2Si2. The number of allylic oxidation sites excluding steroid dienone is 1. The van der Waals surface area contributed by atoms with Crippen molar-refractivity contribution >= 4 is 49.0 Å². The molecule has 46 heavy (non-hydrogen) atoms. The molecule has 240 valence electrons. The molecule has 0 spiro atoms. The van der Waals surface area contributed by atoms with Gasteiger partial charge in [0.05, 0.1) is 12.2 Å². The first kappa shape index (κ1) is 34.3. The van der Waals surface area contributed by atoms with E-state index in [2.05, 4.69) is 176 Å². The summed E-state index contributed by atoms with van der Waals surface area (Å²) in [6.45, 7) is 18.7. The maximum Gasteiger partial charge on any atom is 0.261 e. The summed E-state index contributed by atoms with van der Waals surface area (Å²) in [7, 11) is -5.65. The fourth-order valence-corrected chi connectivity index (χ4v) is 17.0. The van der Waals surface area contributed by atoms with Crippen LogP contribution in [0.25, 0.3) is 0 Å². The molecule has 0 bridgehead atoms. The monoisotopic (exact) mass is 664 g/mol. The predicted octanol–water partition coefficient (Wildman–Crippen LogP) is 8.39. The van der Waals surface area contributed by atoms with Crippen molar-refractivity contribution in [2.45, 2.75) is 76.7 Å². The number of alkyl halides is 1. The molecule has 0 aromatic heterocycles. The molecule has 1 aliphatic carbocycles. The number of rotatable bonds is 9. The van der Waals surface area contributed by atoms with Crippen LogP contribution < -0.4 is 20.7 Å². The van der Waals surface area contributed by atoms with Gasteiger partial charge in [0, 0.05) is 12.3 Å². The minimum atomic E-state index is -2.85. The lowest BCUT2D eigenvalue weighted by atomic mass is 9.86. The van der Waals surface area contributed by atoms with Crippen LogP contribution in [-0.4, -0.2) is 34.7 Å². The van der Waals surface area contributed by atoms with Gasteiger partial charge in [-0.2, -0.15) is 0 Å². The van der Waals surface area contributed by atoms with Crippen molar-refractivity contribution in [2.24, 2.45) is 0 Å². The summed E-state index contributed by atoms with van der Waals surface area (Å²) < 4.78 is 15.5. The highest BCUT2D eigenvalue weighted by Gasteiger charge is 2.55. The Hall–Kier alpha value is -3.00. The third-order valence-electron chi connectivity index (χ3n) is 9.55. The van der Waals surface area contributed by atoms with Crippen molar-refractivity contribution in [2.75, 3.05) is 5.88 Å². The smallest absolute Gasteiger partial charge is 0.261 e. The fourth-order valence-electron chi connectivity index (χ4n) is 7.41. The summed E-state index contributed by atoms with van der Waals surface area (Å²) in [5.74, 6) is 0.423. The molecule has 1 saturated carbocycles. The van der Waals surface area contributed by atoms with E-state index in [1.54, 1.807) is 0 Å². The second-order valence-electron chi connectivity index (χ2n) is 14.5. The first-order valence-electron chi connectivity index (χ1n) is 16.5. The Bertz CT molecular complexity index is 1530. The second kappa shape index (κ2) is 14.0. The largest absolute Gasteiger partial charge is 0.404 e. The highest BCUT2D eigenvalue weighted by Crippen LogP contribution is 2.44. The van der Waals surface area contributed by atoms with Gasteiger partial charge in [-0.1, -0.05) is 176 Å². The predicted molar refractivity (Wildman–Crippen MR) is 202 cm³/mol. The summed E-state index contributed by atoms with van der Waals surface area (Å²) in [6, 6.07) is 43.5. The molecule has 0 radical (unpaired) electrons. The molecule has 0 amide bonds. The molecule has 5 heteroatoms. The zero-order valence-electron chi connectivity index (χ0n) is 28.3. The van der Waals surface area contributed by atoms with Crippen LogP contribution in [0.15, 0.2) is 145 Å². The molecule has 0 saturated heterocycles. The Kier molecular flexibility index (Phi) is 10.5. The summed E-state index contributed by atoms with van der Waals surface area (Å²) in [5, 5.41) is 4.81. The van der Waals surface area contributed by atoms with Crippen LogP contribution in [0, 0.1) is 0 Å². The summed E-state index contributed by atoms with van der Waals surface area (Å²) in [6.07, 6.45) is 3.31. The molecule has 2 nitrogen and oxygen atoms in total. The minimum Gasteiger partial charge on any atom is -0.404 e. The SMILES string of the molecule is C=C1C(=CCCl)C[C@H](O[Si](c2ccccc2)(c2ccccc2)C(C)(C)C)C[C@@H]1O[Si](c1ccccc1)(c1ccccc1)C(C)(C)C. The average molecular weight is 665 g/mol. The molecular weight excluding hydrogens is 616 g/mol. The van der Waals surface area contributed by atoms with E-state index >= 15 is 0 Å². The van der Waals surface area contributed by atoms with Gasteiger partial charge in [0.2, 0.25) is 0 Å². The molecule has 0 aliphatic heterocycles. The van der Waals surface area contributed by atoms with E-state index in [0.29, 0.717) is 5.88 Å². The Balaban J connectivity index is 1.65. The third kappa shape index (κ3) is 6.56. The molecule has 5 rings (SSSR count). The minimum absolute atomic E-state index is 0.0746. The van der Waals surface area contributed by atoms with E-state index in [9.17, 15) is 0 Å². The maximum atomic E-state index is 7.74. The highest BCUT2D eigenvalue weighted by molar-refractivity contribution is 7.00. The van der Waals surface area contributed by atoms with Crippen LogP contribution in [0.4, 0.5) is 0 Å². The first-order valence-corrected chi connectivity index (χ1v) is 20.8. The fraction of sp³-hybridized carbons (Fsp3) is 0.317. The number of benzene rings is 4. The standard InChI is InChI=1S/C41H49ClO2Si2/c1-32-33(28-29-42)30-34(43-45(40(2,3)4,35-20-12-8-13-21-35)36-22-14-9-15-23-36)31-39(32)44-46(41(5,6)7,37-24-16-10-17-25-37)38-26-18-11-19-27-38/h8-28,34,39H,1,29-31H2,2-7H3/t34-,39-/m0/s1. The van der Waals surface area contributed by atoms with Gasteiger partial charge in [-0.15, -0.1) is 11.6 Å². The van der Waals surface area contributed by atoms with Crippen LogP contribution in [-0.2, 0) is 8.85 Å². The van der Waals surface area contributed by atoms with Gasteiger partial charge >= 0.3 is 0 Å². The van der Waals surface area contributed by atoms with Gasteiger partial charge in [-0.05, 0) is 48.4 Å². The number of hydrogen-bond acceptors (Lipinski definition) is 2. The van der Waals surface area contributed by atoms with Crippen LogP contribution in [0.1, 0.15) is 54.4 Å². The molecule has 0 heterocycles. The van der Waals surface area contributed by atoms with Crippen LogP contribution in [0.3, 0.4) is 0 Å². The maximum absolute atomic E-state index is 7.74. The zero-order chi connectivity index (χ0) is 33.0. The lowest BCUT2D eigenvalue weighted by Crippen LogP contribution is -2.69. The van der Waals surface area contributed by atoms with E-state index in [0.717, 1.165) is 24.0 Å². The molecule has 0 N–H and O–H groups in total.